The van der Waals surface area contributed by atoms with Crippen molar-refractivity contribution < 1.29 is 23.1 Å². The Hall–Kier alpha value is -2.28. The second-order valence-electron chi connectivity index (χ2n) is 3.70. The van der Waals surface area contributed by atoms with Gasteiger partial charge >= 0.3 is 5.97 Å². The van der Waals surface area contributed by atoms with Crippen molar-refractivity contribution in [2.45, 2.75) is 0 Å². The molecule has 2 rings (SSSR count). The molecule has 0 aliphatic rings. The van der Waals surface area contributed by atoms with Crippen molar-refractivity contribution in [3.8, 4) is 0 Å². The number of carboxylic acid groups (broad SMARTS) is 1. The molecule has 2 N–H and O–H groups in total. The lowest BCUT2D eigenvalue weighted by Crippen LogP contribution is -2.03. The second kappa shape index (κ2) is 5.38. The Morgan fingerprint density at radius 1 is 1.25 bits per heavy atom. The number of halogens is 4. The van der Waals surface area contributed by atoms with Crippen LogP contribution < -0.4 is 5.32 Å². The van der Waals surface area contributed by atoms with Crippen LogP contribution >= 0.6 is 11.6 Å². The van der Waals surface area contributed by atoms with Gasteiger partial charge in [0.1, 0.15) is 5.82 Å². The van der Waals surface area contributed by atoms with Gasteiger partial charge in [0.2, 0.25) is 0 Å². The molecule has 104 valence electrons. The van der Waals surface area contributed by atoms with Crippen molar-refractivity contribution in [3.63, 3.8) is 0 Å². The van der Waals surface area contributed by atoms with Crippen LogP contribution in [-0.2, 0) is 0 Å². The number of nitrogens with zero attached hydrogens (tertiary/aromatic N) is 1. The van der Waals surface area contributed by atoms with E-state index in [-0.39, 0.29) is 22.1 Å². The van der Waals surface area contributed by atoms with E-state index in [1.54, 1.807) is 0 Å². The third-order valence-electron chi connectivity index (χ3n) is 2.38. The Morgan fingerprint density at radius 2 is 1.95 bits per heavy atom. The molecule has 0 fully saturated rings. The summed E-state index contributed by atoms with van der Waals surface area (Å²) in [6.45, 7) is 0. The third-order valence-corrected chi connectivity index (χ3v) is 2.68. The molecule has 0 amide bonds. The Kier molecular flexibility index (Phi) is 3.80. The zero-order chi connectivity index (χ0) is 14.9. The molecule has 0 aliphatic heterocycles. The van der Waals surface area contributed by atoms with Crippen molar-refractivity contribution in [1.82, 2.24) is 4.98 Å². The number of anilines is 2. The van der Waals surface area contributed by atoms with Crippen LogP contribution in [-0.4, -0.2) is 16.1 Å². The van der Waals surface area contributed by atoms with Gasteiger partial charge in [-0.15, -0.1) is 0 Å². The Morgan fingerprint density at radius 3 is 2.60 bits per heavy atom. The van der Waals surface area contributed by atoms with Crippen molar-refractivity contribution in [1.29, 1.82) is 0 Å². The van der Waals surface area contributed by atoms with Crippen LogP contribution in [0.2, 0.25) is 5.02 Å². The van der Waals surface area contributed by atoms with E-state index >= 15 is 0 Å². The van der Waals surface area contributed by atoms with Crippen LogP contribution in [0.4, 0.5) is 24.7 Å². The van der Waals surface area contributed by atoms with Crippen LogP contribution in [0.5, 0.6) is 0 Å². The first-order valence-electron chi connectivity index (χ1n) is 5.19. The summed E-state index contributed by atoms with van der Waals surface area (Å²) in [5, 5.41) is 11.1. The van der Waals surface area contributed by atoms with Gasteiger partial charge in [-0.1, -0.05) is 11.6 Å². The molecule has 4 nitrogen and oxygen atoms in total. The molecular weight excluding hydrogens is 297 g/mol. The summed E-state index contributed by atoms with van der Waals surface area (Å²) in [5.41, 5.74) is -0.637. The number of nitrogens with one attached hydrogen (secondary N) is 1. The maximum absolute atomic E-state index is 13.4. The normalized spacial score (nSPS) is 10.4. The Bertz CT molecular complexity index is 695. The van der Waals surface area contributed by atoms with Gasteiger partial charge in [-0.25, -0.2) is 22.9 Å². The number of carbonyl (C=O) groups is 1. The van der Waals surface area contributed by atoms with E-state index in [0.29, 0.717) is 0 Å². The number of pyridine rings is 1. The molecule has 0 saturated heterocycles. The molecule has 0 spiro atoms. The van der Waals surface area contributed by atoms with E-state index in [2.05, 4.69) is 10.3 Å². The smallest absolute Gasteiger partial charge is 0.337 e. The zero-order valence-electron chi connectivity index (χ0n) is 9.62. The predicted octanol–water partition coefficient (Wildman–Crippen LogP) is 3.59. The zero-order valence-corrected chi connectivity index (χ0v) is 10.4. The first kappa shape index (κ1) is 14.1. The Balaban J connectivity index is 2.38. The van der Waals surface area contributed by atoms with Crippen molar-refractivity contribution in [3.05, 3.63) is 52.4 Å². The minimum absolute atomic E-state index is 0.0725. The molecular formula is C12H6ClF3N2O2. The van der Waals surface area contributed by atoms with E-state index < -0.39 is 23.4 Å². The van der Waals surface area contributed by atoms with E-state index in [1.807, 2.05) is 0 Å². The molecule has 1 aromatic carbocycles. The van der Waals surface area contributed by atoms with Gasteiger partial charge in [0.05, 0.1) is 16.3 Å². The monoisotopic (exact) mass is 302 g/mol. The largest absolute Gasteiger partial charge is 0.478 e. The lowest BCUT2D eigenvalue weighted by Gasteiger charge is -2.08. The standard InChI is InChI=1S/C12H6ClF3N2O2/c13-6-4-17-9(3-5(6)12(19)20)18-8-2-1-7(14)10(15)11(8)16/h1-4H,(H,17,18)(H,19,20). The summed E-state index contributed by atoms with van der Waals surface area (Å²) < 4.78 is 39.2. The summed E-state index contributed by atoms with van der Waals surface area (Å²) in [6, 6.07) is 2.74. The SMILES string of the molecule is O=C(O)c1cc(Nc2ccc(F)c(F)c2F)ncc1Cl. The second-order valence-corrected chi connectivity index (χ2v) is 4.11. The average Bonchev–Trinajstić information content (AvgIpc) is 2.41. The molecule has 1 heterocycles. The van der Waals surface area contributed by atoms with E-state index in [1.165, 1.54) is 0 Å². The fourth-order valence-corrected chi connectivity index (χ4v) is 1.62. The molecule has 0 radical (unpaired) electrons. The fourth-order valence-electron chi connectivity index (χ4n) is 1.43. The highest BCUT2D eigenvalue weighted by atomic mass is 35.5. The molecule has 0 unspecified atom stereocenters. The van der Waals surface area contributed by atoms with Crippen molar-refractivity contribution in [2.75, 3.05) is 5.32 Å². The minimum atomic E-state index is -1.64. The summed E-state index contributed by atoms with van der Waals surface area (Å²) in [7, 11) is 0. The molecule has 0 saturated carbocycles. The summed E-state index contributed by atoms with van der Waals surface area (Å²) >= 11 is 5.62. The summed E-state index contributed by atoms with van der Waals surface area (Å²) in [4.78, 5) is 14.6. The number of benzene rings is 1. The number of hydrogen-bond acceptors (Lipinski definition) is 3. The average molecular weight is 303 g/mol. The molecule has 2 aromatic rings. The van der Waals surface area contributed by atoms with Crippen LogP contribution in [0.3, 0.4) is 0 Å². The molecule has 20 heavy (non-hydrogen) atoms. The van der Waals surface area contributed by atoms with Crippen LogP contribution in [0, 0.1) is 17.5 Å². The van der Waals surface area contributed by atoms with Crippen LogP contribution in [0.1, 0.15) is 10.4 Å². The predicted molar refractivity (Wildman–Crippen MR) is 65.8 cm³/mol. The Labute approximate surface area is 115 Å². The number of rotatable bonds is 3. The number of carboxylic acids is 1. The highest BCUT2D eigenvalue weighted by Crippen LogP contribution is 2.24. The summed E-state index contributed by atoms with van der Waals surface area (Å²) in [5.74, 6) is -5.77. The molecule has 0 aliphatic carbocycles. The lowest BCUT2D eigenvalue weighted by atomic mass is 10.2. The maximum atomic E-state index is 13.4. The molecule has 1 aromatic heterocycles. The number of aromatic carboxylic acids is 1. The lowest BCUT2D eigenvalue weighted by molar-refractivity contribution is 0.0697. The van der Waals surface area contributed by atoms with E-state index in [4.69, 9.17) is 16.7 Å². The number of aromatic nitrogens is 1. The van der Waals surface area contributed by atoms with Gasteiger partial charge in [-0.2, -0.15) is 0 Å². The molecule has 8 heteroatoms. The van der Waals surface area contributed by atoms with Crippen molar-refractivity contribution >= 4 is 29.1 Å². The molecule has 0 bridgehead atoms. The first-order valence-corrected chi connectivity index (χ1v) is 5.57. The fraction of sp³-hybridized carbons (Fsp3) is 0. The quantitative estimate of drug-likeness (QED) is 0.851. The van der Waals surface area contributed by atoms with Gasteiger partial charge in [-0.3, -0.25) is 0 Å². The van der Waals surface area contributed by atoms with Crippen molar-refractivity contribution in [2.24, 2.45) is 0 Å². The molecule has 0 atom stereocenters. The van der Waals surface area contributed by atoms with Gasteiger partial charge in [-0.05, 0) is 18.2 Å². The maximum Gasteiger partial charge on any atom is 0.337 e. The van der Waals surface area contributed by atoms with Gasteiger partial charge < -0.3 is 10.4 Å². The van der Waals surface area contributed by atoms with Crippen LogP contribution in [0.25, 0.3) is 0 Å². The third kappa shape index (κ3) is 2.67. The van der Waals surface area contributed by atoms with Gasteiger partial charge in [0, 0.05) is 6.20 Å². The minimum Gasteiger partial charge on any atom is -0.478 e. The topological polar surface area (TPSA) is 62.2 Å². The van der Waals surface area contributed by atoms with Gasteiger partial charge in [0.25, 0.3) is 0 Å². The van der Waals surface area contributed by atoms with E-state index in [9.17, 15) is 18.0 Å². The highest BCUT2D eigenvalue weighted by molar-refractivity contribution is 6.33. The summed E-state index contributed by atoms with van der Waals surface area (Å²) in [6.07, 6.45) is 1.05. The van der Waals surface area contributed by atoms with Crippen LogP contribution in [0.15, 0.2) is 24.4 Å². The highest BCUT2D eigenvalue weighted by Gasteiger charge is 2.15. The van der Waals surface area contributed by atoms with E-state index in [0.717, 1.165) is 24.4 Å². The first-order chi connectivity index (χ1) is 9.40. The number of hydrogen-bond donors (Lipinski definition) is 2. The van der Waals surface area contributed by atoms with Gasteiger partial charge in [0.15, 0.2) is 17.5 Å².